The number of carbonyl (C=O) groups is 1. The minimum atomic E-state index is -0.0638. The lowest BCUT2D eigenvalue weighted by atomic mass is 9.96. The minimum Gasteiger partial charge on any atom is -0.383 e. The number of anilines is 1. The van der Waals surface area contributed by atoms with Crippen LogP contribution in [0.5, 0.6) is 0 Å². The largest absolute Gasteiger partial charge is 0.383 e. The first-order valence-corrected chi connectivity index (χ1v) is 10.9. The van der Waals surface area contributed by atoms with Gasteiger partial charge in [-0.3, -0.25) is 9.36 Å². The standard InChI is InChI=1S/C22H31N5O3/c1-30-16-15-27-22(29)26-10-9-18(7-8-20(26)23-27)17-21(28)25-13-11-24(12-14-25)19-5-3-2-4-6-19/h2-6,18H,7-17H2,1H3. The molecule has 0 spiro atoms. The molecule has 162 valence electrons. The summed E-state index contributed by atoms with van der Waals surface area (Å²) in [6.07, 6.45) is 3.05. The van der Waals surface area contributed by atoms with Crippen molar-refractivity contribution < 1.29 is 9.53 Å². The number of rotatable bonds is 6. The third-order valence-electron chi connectivity index (χ3n) is 6.26. The summed E-state index contributed by atoms with van der Waals surface area (Å²) in [7, 11) is 1.62. The molecule has 1 saturated heterocycles. The van der Waals surface area contributed by atoms with Gasteiger partial charge in [0.1, 0.15) is 5.82 Å². The average Bonchev–Trinajstić information content (AvgIpc) is 2.95. The van der Waals surface area contributed by atoms with Crippen molar-refractivity contribution in [2.24, 2.45) is 5.92 Å². The first-order chi connectivity index (χ1) is 14.7. The second-order valence-corrected chi connectivity index (χ2v) is 8.17. The summed E-state index contributed by atoms with van der Waals surface area (Å²) in [6.45, 7) is 4.88. The lowest BCUT2D eigenvalue weighted by Crippen LogP contribution is -2.49. The summed E-state index contributed by atoms with van der Waals surface area (Å²) in [5, 5.41) is 4.47. The Kier molecular flexibility index (Phi) is 6.52. The van der Waals surface area contributed by atoms with Gasteiger partial charge in [0.05, 0.1) is 13.2 Å². The molecular weight excluding hydrogens is 382 g/mol. The number of amides is 1. The summed E-state index contributed by atoms with van der Waals surface area (Å²) in [5.41, 5.74) is 1.16. The molecule has 0 radical (unpaired) electrons. The molecule has 0 saturated carbocycles. The molecule has 8 heteroatoms. The molecule has 2 aliphatic heterocycles. The van der Waals surface area contributed by atoms with Gasteiger partial charge in [-0.15, -0.1) is 0 Å². The Morgan fingerprint density at radius 3 is 2.60 bits per heavy atom. The Labute approximate surface area is 177 Å². The van der Waals surface area contributed by atoms with Crippen molar-refractivity contribution in [1.82, 2.24) is 19.2 Å². The van der Waals surface area contributed by atoms with E-state index in [0.29, 0.717) is 32.0 Å². The number of hydrogen-bond acceptors (Lipinski definition) is 5. The van der Waals surface area contributed by atoms with E-state index in [1.807, 2.05) is 11.0 Å². The van der Waals surface area contributed by atoms with Gasteiger partial charge in [-0.1, -0.05) is 18.2 Å². The van der Waals surface area contributed by atoms with Gasteiger partial charge in [-0.2, -0.15) is 5.10 Å². The van der Waals surface area contributed by atoms with Gasteiger partial charge in [0.15, 0.2) is 0 Å². The van der Waals surface area contributed by atoms with Crippen LogP contribution in [0.1, 0.15) is 25.1 Å². The third kappa shape index (κ3) is 4.59. The zero-order valence-corrected chi connectivity index (χ0v) is 17.7. The van der Waals surface area contributed by atoms with E-state index < -0.39 is 0 Å². The summed E-state index contributed by atoms with van der Waals surface area (Å²) in [6, 6.07) is 10.4. The van der Waals surface area contributed by atoms with Gasteiger partial charge in [0.2, 0.25) is 5.91 Å². The lowest BCUT2D eigenvalue weighted by Gasteiger charge is -2.36. The number of benzene rings is 1. The van der Waals surface area contributed by atoms with Crippen molar-refractivity contribution >= 4 is 11.6 Å². The fourth-order valence-electron chi connectivity index (χ4n) is 4.44. The quantitative estimate of drug-likeness (QED) is 0.716. The molecule has 1 aromatic heterocycles. The van der Waals surface area contributed by atoms with E-state index in [-0.39, 0.29) is 11.6 Å². The first kappa shape index (κ1) is 20.7. The Hall–Kier alpha value is -2.61. The van der Waals surface area contributed by atoms with Crippen molar-refractivity contribution in [3.63, 3.8) is 0 Å². The molecule has 30 heavy (non-hydrogen) atoms. The van der Waals surface area contributed by atoms with Crippen LogP contribution in [0.3, 0.4) is 0 Å². The highest BCUT2D eigenvalue weighted by molar-refractivity contribution is 5.76. The van der Waals surface area contributed by atoms with E-state index in [4.69, 9.17) is 4.74 Å². The van der Waals surface area contributed by atoms with Crippen molar-refractivity contribution in [3.05, 3.63) is 46.6 Å². The molecule has 1 aromatic carbocycles. The number of fused-ring (bicyclic) bond motifs is 1. The number of aromatic nitrogens is 3. The predicted octanol–water partition coefficient (Wildman–Crippen LogP) is 1.38. The van der Waals surface area contributed by atoms with Gasteiger partial charge >= 0.3 is 5.69 Å². The summed E-state index contributed by atoms with van der Waals surface area (Å²) >= 11 is 0. The highest BCUT2D eigenvalue weighted by Crippen LogP contribution is 2.23. The van der Waals surface area contributed by atoms with Crippen molar-refractivity contribution in [2.75, 3.05) is 44.8 Å². The van der Waals surface area contributed by atoms with E-state index in [9.17, 15) is 9.59 Å². The number of para-hydroxylation sites is 1. The molecular formula is C22H31N5O3. The molecule has 1 unspecified atom stereocenters. The molecule has 4 rings (SSSR count). The zero-order valence-electron chi connectivity index (χ0n) is 17.7. The van der Waals surface area contributed by atoms with Crippen LogP contribution < -0.4 is 10.6 Å². The Morgan fingerprint density at radius 1 is 1.10 bits per heavy atom. The second kappa shape index (κ2) is 9.47. The molecule has 1 amide bonds. The van der Waals surface area contributed by atoms with Crippen LogP contribution in [0, 0.1) is 5.92 Å². The van der Waals surface area contributed by atoms with Gasteiger partial charge in [-0.05, 0) is 30.9 Å². The maximum atomic E-state index is 12.9. The molecule has 1 fully saturated rings. The summed E-state index contributed by atoms with van der Waals surface area (Å²) in [4.78, 5) is 29.7. The molecule has 2 aliphatic rings. The van der Waals surface area contributed by atoms with Crippen LogP contribution in [0.4, 0.5) is 5.69 Å². The van der Waals surface area contributed by atoms with Gasteiger partial charge < -0.3 is 14.5 Å². The highest BCUT2D eigenvalue weighted by Gasteiger charge is 2.26. The SMILES string of the molecule is COCCn1nc2n(c1=O)CCC(CC(=O)N1CCN(c3ccccc3)CC1)CC2. The normalized spacial score (nSPS) is 19.4. The number of hydrogen-bond donors (Lipinski definition) is 0. The van der Waals surface area contributed by atoms with E-state index in [2.05, 4.69) is 34.3 Å². The Balaban J connectivity index is 1.28. The first-order valence-electron chi connectivity index (χ1n) is 10.9. The van der Waals surface area contributed by atoms with E-state index in [1.165, 1.54) is 10.4 Å². The van der Waals surface area contributed by atoms with Crippen LogP contribution in [0.2, 0.25) is 0 Å². The van der Waals surface area contributed by atoms with Gasteiger partial charge in [0.25, 0.3) is 0 Å². The highest BCUT2D eigenvalue weighted by atomic mass is 16.5. The molecule has 0 N–H and O–H groups in total. The monoisotopic (exact) mass is 413 g/mol. The summed E-state index contributed by atoms with van der Waals surface area (Å²) < 4.78 is 8.33. The number of carbonyl (C=O) groups excluding carboxylic acids is 1. The van der Waals surface area contributed by atoms with Crippen molar-refractivity contribution in [1.29, 1.82) is 0 Å². The number of aryl methyl sites for hydroxylation is 1. The van der Waals surface area contributed by atoms with E-state index in [1.54, 1.807) is 11.7 Å². The smallest absolute Gasteiger partial charge is 0.345 e. The molecule has 8 nitrogen and oxygen atoms in total. The van der Waals surface area contributed by atoms with Crippen LogP contribution >= 0.6 is 0 Å². The maximum Gasteiger partial charge on any atom is 0.345 e. The Morgan fingerprint density at radius 2 is 1.87 bits per heavy atom. The molecule has 2 aromatic rings. The van der Waals surface area contributed by atoms with Gasteiger partial charge in [-0.25, -0.2) is 9.48 Å². The van der Waals surface area contributed by atoms with Crippen LogP contribution in [-0.2, 0) is 29.0 Å². The number of ether oxygens (including phenoxy) is 1. The van der Waals surface area contributed by atoms with E-state index in [0.717, 1.165) is 51.3 Å². The Bertz CT molecular complexity index is 899. The third-order valence-corrected chi connectivity index (χ3v) is 6.26. The fraction of sp³-hybridized carbons (Fsp3) is 0.591. The lowest BCUT2D eigenvalue weighted by molar-refractivity contribution is -0.132. The second-order valence-electron chi connectivity index (χ2n) is 8.17. The van der Waals surface area contributed by atoms with Gasteiger partial charge in [0, 0.05) is 58.4 Å². The van der Waals surface area contributed by atoms with Crippen LogP contribution in [0.15, 0.2) is 35.1 Å². The average molecular weight is 414 g/mol. The van der Waals surface area contributed by atoms with Crippen LogP contribution in [0.25, 0.3) is 0 Å². The molecule has 1 atom stereocenters. The number of nitrogens with zero attached hydrogens (tertiary/aromatic N) is 5. The van der Waals surface area contributed by atoms with Crippen molar-refractivity contribution in [3.8, 4) is 0 Å². The topological polar surface area (TPSA) is 72.6 Å². The number of methoxy groups -OCH3 is 1. The predicted molar refractivity (Wildman–Crippen MR) is 115 cm³/mol. The van der Waals surface area contributed by atoms with Crippen LogP contribution in [-0.4, -0.2) is 65.1 Å². The van der Waals surface area contributed by atoms with E-state index >= 15 is 0 Å². The molecule has 0 aliphatic carbocycles. The molecule has 3 heterocycles. The zero-order chi connectivity index (χ0) is 20.9. The number of piperazine rings is 1. The summed E-state index contributed by atoms with van der Waals surface area (Å²) in [5.74, 6) is 1.38. The van der Waals surface area contributed by atoms with Crippen molar-refractivity contribution in [2.45, 2.75) is 38.8 Å². The maximum absolute atomic E-state index is 12.9. The molecule has 0 bridgehead atoms. The fourth-order valence-corrected chi connectivity index (χ4v) is 4.44. The minimum absolute atomic E-state index is 0.0638.